The fourth-order valence-corrected chi connectivity index (χ4v) is 4.82. The normalized spacial score (nSPS) is 19.3. The lowest BCUT2D eigenvalue weighted by molar-refractivity contribution is -0.249. The molecule has 0 radical (unpaired) electrons. The molecule has 0 heterocycles. The highest BCUT2D eigenvalue weighted by atomic mass is 19.3. The van der Waals surface area contributed by atoms with Crippen LogP contribution in [0.15, 0.2) is 36.4 Å². The van der Waals surface area contributed by atoms with Crippen LogP contribution in [0, 0.1) is 17.6 Å². The van der Waals surface area contributed by atoms with E-state index in [2.05, 4.69) is 6.92 Å². The minimum Gasteiger partial charge on any atom is -0.316 e. The highest BCUT2D eigenvalue weighted by Gasteiger charge is 2.36. The second kappa shape index (κ2) is 11.3. The van der Waals surface area contributed by atoms with E-state index in [9.17, 15) is 17.6 Å². The van der Waals surface area contributed by atoms with Gasteiger partial charge in [0.05, 0.1) is 12.2 Å². The monoisotopic (exact) mass is 450 g/mol. The van der Waals surface area contributed by atoms with Crippen LogP contribution in [0.1, 0.15) is 87.0 Å². The molecular formula is C27H34F4O. The highest BCUT2D eigenvalue weighted by Crippen LogP contribution is 2.39. The van der Waals surface area contributed by atoms with E-state index in [-0.39, 0.29) is 12.3 Å². The maximum Gasteiger partial charge on any atom is 0.386 e. The Morgan fingerprint density at radius 1 is 0.875 bits per heavy atom. The largest absolute Gasteiger partial charge is 0.386 e. The maximum absolute atomic E-state index is 14.6. The van der Waals surface area contributed by atoms with Crippen molar-refractivity contribution in [2.24, 2.45) is 5.92 Å². The molecule has 0 bridgehead atoms. The Bertz CT molecular complexity index is 872. The number of aryl methyl sites for hydroxylation is 1. The first-order chi connectivity index (χ1) is 15.3. The van der Waals surface area contributed by atoms with Crippen LogP contribution in [0.4, 0.5) is 17.6 Å². The molecule has 0 aliphatic heterocycles. The van der Waals surface area contributed by atoms with Gasteiger partial charge in [-0.2, -0.15) is 8.78 Å². The van der Waals surface area contributed by atoms with Crippen molar-refractivity contribution in [3.63, 3.8) is 0 Å². The number of ether oxygens (including phenoxy) is 1. The number of hydrogen-bond acceptors (Lipinski definition) is 1. The summed E-state index contributed by atoms with van der Waals surface area (Å²) in [5.41, 5.74) is 1.21. The Kier molecular flexibility index (Phi) is 8.75. The quantitative estimate of drug-likeness (QED) is 0.331. The van der Waals surface area contributed by atoms with Gasteiger partial charge in [-0.15, -0.1) is 0 Å². The second-order valence-corrected chi connectivity index (χ2v) is 9.04. The molecule has 32 heavy (non-hydrogen) atoms. The predicted octanol–water partition coefficient (Wildman–Crippen LogP) is 8.30. The van der Waals surface area contributed by atoms with Gasteiger partial charge >= 0.3 is 6.11 Å². The van der Waals surface area contributed by atoms with E-state index >= 15 is 0 Å². The molecule has 0 atom stereocenters. The van der Waals surface area contributed by atoms with Gasteiger partial charge in [0.1, 0.15) is 11.6 Å². The van der Waals surface area contributed by atoms with Gasteiger partial charge < -0.3 is 4.74 Å². The molecule has 0 saturated heterocycles. The fraction of sp³-hybridized carbons (Fsp3) is 0.556. The Labute approximate surface area is 189 Å². The summed E-state index contributed by atoms with van der Waals surface area (Å²) in [5, 5.41) is 0. The van der Waals surface area contributed by atoms with Gasteiger partial charge in [-0.3, -0.25) is 0 Å². The topological polar surface area (TPSA) is 9.23 Å². The van der Waals surface area contributed by atoms with Crippen molar-refractivity contribution >= 4 is 0 Å². The average molecular weight is 451 g/mol. The molecule has 2 aromatic rings. The maximum atomic E-state index is 14.6. The third-order valence-corrected chi connectivity index (χ3v) is 6.63. The zero-order valence-corrected chi connectivity index (χ0v) is 19.1. The summed E-state index contributed by atoms with van der Waals surface area (Å²) in [6.45, 7) is 3.78. The molecule has 1 aliphatic rings. The third kappa shape index (κ3) is 6.34. The molecule has 1 nitrogen and oxygen atoms in total. The van der Waals surface area contributed by atoms with Gasteiger partial charge in [0.15, 0.2) is 0 Å². The van der Waals surface area contributed by atoms with Crippen LogP contribution in [-0.4, -0.2) is 6.61 Å². The summed E-state index contributed by atoms with van der Waals surface area (Å²) in [4.78, 5) is 0. The van der Waals surface area contributed by atoms with E-state index in [4.69, 9.17) is 4.74 Å². The smallest absolute Gasteiger partial charge is 0.316 e. The highest BCUT2D eigenvalue weighted by molar-refractivity contribution is 5.29. The first kappa shape index (κ1) is 24.8. The van der Waals surface area contributed by atoms with Gasteiger partial charge in [0, 0.05) is 0 Å². The molecule has 0 aromatic heterocycles. The molecule has 0 spiro atoms. The van der Waals surface area contributed by atoms with Crippen LogP contribution in [0.2, 0.25) is 0 Å². The Morgan fingerprint density at radius 3 is 2.25 bits per heavy atom. The summed E-state index contributed by atoms with van der Waals surface area (Å²) in [5.74, 6) is -0.420. The first-order valence-corrected chi connectivity index (χ1v) is 11.9. The van der Waals surface area contributed by atoms with E-state index in [0.29, 0.717) is 5.56 Å². The Balaban J connectivity index is 1.58. The molecular weight excluding hydrogens is 416 g/mol. The van der Waals surface area contributed by atoms with Crippen LogP contribution >= 0.6 is 0 Å². The van der Waals surface area contributed by atoms with Gasteiger partial charge in [-0.1, -0.05) is 51.3 Å². The van der Waals surface area contributed by atoms with Crippen LogP contribution < -0.4 is 0 Å². The lowest BCUT2D eigenvalue weighted by Crippen LogP contribution is -2.22. The SMILES string of the molecule is CCCc1ccc(CCOC(F)(F)c2ccc(C3CCC(CCC)CC3)cc2F)c(F)c1. The van der Waals surface area contributed by atoms with Crippen molar-refractivity contribution in [3.8, 4) is 0 Å². The van der Waals surface area contributed by atoms with Gasteiger partial charge in [-0.25, -0.2) is 8.78 Å². The number of halogens is 4. The van der Waals surface area contributed by atoms with Crippen LogP contribution in [0.25, 0.3) is 0 Å². The van der Waals surface area contributed by atoms with Crippen LogP contribution in [0.5, 0.6) is 0 Å². The number of benzene rings is 2. The fourth-order valence-electron chi connectivity index (χ4n) is 4.82. The van der Waals surface area contributed by atoms with E-state index in [0.717, 1.165) is 61.6 Å². The van der Waals surface area contributed by atoms with Crippen LogP contribution in [0.3, 0.4) is 0 Å². The lowest BCUT2D eigenvalue weighted by atomic mass is 9.77. The van der Waals surface area contributed by atoms with Gasteiger partial charge in [0.25, 0.3) is 0 Å². The zero-order chi connectivity index (χ0) is 23.1. The summed E-state index contributed by atoms with van der Waals surface area (Å²) < 4.78 is 62.6. The molecule has 1 aliphatic carbocycles. The standard InChI is InChI=1S/C27H34F4O/c1-3-5-19-7-10-21(11-8-19)23-13-14-24(26(29)18-23)27(30,31)32-16-15-22-12-9-20(6-4-2)17-25(22)28/h9,12-14,17-19,21H,3-8,10-11,15-16H2,1-2H3. The zero-order valence-electron chi connectivity index (χ0n) is 19.1. The summed E-state index contributed by atoms with van der Waals surface area (Å²) in [6, 6.07) is 8.82. The van der Waals surface area contributed by atoms with Crippen molar-refractivity contribution in [3.05, 3.63) is 70.3 Å². The van der Waals surface area contributed by atoms with Crippen molar-refractivity contribution < 1.29 is 22.3 Å². The van der Waals surface area contributed by atoms with E-state index in [1.165, 1.54) is 25.0 Å². The predicted molar refractivity (Wildman–Crippen MR) is 120 cm³/mol. The minimum atomic E-state index is -3.76. The number of hydrogen-bond donors (Lipinski definition) is 0. The van der Waals surface area contributed by atoms with Crippen molar-refractivity contribution in [1.82, 2.24) is 0 Å². The van der Waals surface area contributed by atoms with Crippen molar-refractivity contribution in [2.45, 2.75) is 83.7 Å². The van der Waals surface area contributed by atoms with Crippen LogP contribution in [-0.2, 0) is 23.7 Å². The van der Waals surface area contributed by atoms with E-state index in [1.807, 2.05) is 6.92 Å². The molecule has 176 valence electrons. The molecule has 1 saturated carbocycles. The van der Waals surface area contributed by atoms with Crippen molar-refractivity contribution in [2.75, 3.05) is 6.61 Å². The van der Waals surface area contributed by atoms with Crippen molar-refractivity contribution in [1.29, 1.82) is 0 Å². The number of alkyl halides is 2. The van der Waals surface area contributed by atoms with E-state index in [1.54, 1.807) is 18.2 Å². The molecule has 3 rings (SSSR count). The molecule has 0 unspecified atom stereocenters. The van der Waals surface area contributed by atoms with E-state index < -0.39 is 29.9 Å². The first-order valence-electron chi connectivity index (χ1n) is 11.9. The molecule has 5 heteroatoms. The Morgan fingerprint density at radius 2 is 1.62 bits per heavy atom. The minimum absolute atomic E-state index is 0.00542. The Hall–Kier alpha value is -1.88. The van der Waals surface area contributed by atoms with Gasteiger partial charge in [-0.05, 0) is 85.3 Å². The molecule has 0 amide bonds. The van der Waals surface area contributed by atoms with Gasteiger partial charge in [0.2, 0.25) is 0 Å². The number of rotatable bonds is 10. The average Bonchev–Trinajstić information content (AvgIpc) is 2.76. The molecule has 2 aromatic carbocycles. The lowest BCUT2D eigenvalue weighted by Gasteiger charge is -2.29. The summed E-state index contributed by atoms with van der Waals surface area (Å²) in [6.07, 6.45) is 4.45. The summed E-state index contributed by atoms with van der Waals surface area (Å²) >= 11 is 0. The summed E-state index contributed by atoms with van der Waals surface area (Å²) in [7, 11) is 0. The molecule has 1 fully saturated rings. The second-order valence-electron chi connectivity index (χ2n) is 9.04. The molecule has 0 N–H and O–H groups in total. The third-order valence-electron chi connectivity index (χ3n) is 6.63.